The smallest absolute Gasteiger partial charge is 0.260 e. The predicted octanol–water partition coefficient (Wildman–Crippen LogP) is 4.46. The first-order valence-electron chi connectivity index (χ1n) is 7.36. The average molecular weight is 413 g/mol. The molecule has 0 saturated carbocycles. The molecule has 6 heteroatoms. The lowest BCUT2D eigenvalue weighted by molar-refractivity contribution is -0.132. The molecule has 0 bridgehead atoms. The maximum atomic E-state index is 12.3. The summed E-state index contributed by atoms with van der Waals surface area (Å²) < 4.78 is 11.6. The number of carbonyl (C=O) groups excluding carboxylic acids is 1. The average Bonchev–Trinajstić information content (AvgIpc) is 2.54. The number of hydrogen-bond donors (Lipinski definition) is 0. The highest BCUT2D eigenvalue weighted by Gasteiger charge is 2.13. The molecular weight excluding hydrogens is 394 g/mol. The largest absolute Gasteiger partial charge is 0.497 e. The Bertz CT molecular complexity index is 696. The van der Waals surface area contributed by atoms with E-state index in [0.717, 1.165) is 21.3 Å². The highest BCUT2D eigenvalue weighted by molar-refractivity contribution is 9.10. The second-order valence-electron chi connectivity index (χ2n) is 5.42. The topological polar surface area (TPSA) is 38.8 Å². The van der Waals surface area contributed by atoms with E-state index in [4.69, 9.17) is 21.1 Å². The molecule has 0 fully saturated rings. The maximum absolute atomic E-state index is 12.3. The van der Waals surface area contributed by atoms with Crippen molar-refractivity contribution >= 4 is 33.4 Å². The lowest BCUT2D eigenvalue weighted by Gasteiger charge is -2.18. The van der Waals surface area contributed by atoms with Crippen molar-refractivity contribution in [1.82, 2.24) is 4.90 Å². The zero-order chi connectivity index (χ0) is 17.7. The highest BCUT2D eigenvalue weighted by Crippen LogP contribution is 2.32. The van der Waals surface area contributed by atoms with Crippen LogP contribution in [0.4, 0.5) is 0 Å². The summed E-state index contributed by atoms with van der Waals surface area (Å²) in [6.45, 7) is 2.33. The van der Waals surface area contributed by atoms with Gasteiger partial charge in [0.15, 0.2) is 6.61 Å². The van der Waals surface area contributed by atoms with Gasteiger partial charge in [0.05, 0.1) is 12.1 Å². The van der Waals surface area contributed by atoms with Crippen LogP contribution in [0.5, 0.6) is 11.5 Å². The summed E-state index contributed by atoms with van der Waals surface area (Å²) in [5, 5.41) is 0.479. The van der Waals surface area contributed by atoms with E-state index < -0.39 is 0 Å². The minimum Gasteiger partial charge on any atom is -0.497 e. The molecule has 0 aliphatic heterocycles. The third-order valence-corrected chi connectivity index (χ3v) is 4.28. The fraction of sp³-hybridized carbons (Fsp3) is 0.278. The molecule has 0 aliphatic rings. The lowest BCUT2D eigenvalue weighted by Crippen LogP contribution is -2.31. The van der Waals surface area contributed by atoms with Gasteiger partial charge in [-0.1, -0.05) is 39.7 Å². The molecule has 0 aromatic heterocycles. The number of aryl methyl sites for hydroxylation is 1. The molecule has 0 atom stereocenters. The SMILES string of the molecule is COc1ccc(CN(C)C(=O)COc2c(C)cc(Br)cc2Cl)cc1. The van der Waals surface area contributed by atoms with Gasteiger partial charge in [0.2, 0.25) is 0 Å². The van der Waals surface area contributed by atoms with Crippen molar-refractivity contribution in [3.05, 3.63) is 57.0 Å². The summed E-state index contributed by atoms with van der Waals surface area (Å²) in [5.74, 6) is 1.20. The van der Waals surface area contributed by atoms with E-state index in [1.807, 2.05) is 37.3 Å². The Balaban J connectivity index is 1.94. The summed E-state index contributed by atoms with van der Waals surface area (Å²) in [7, 11) is 3.36. The summed E-state index contributed by atoms with van der Waals surface area (Å²) in [6, 6.07) is 11.2. The van der Waals surface area contributed by atoms with Crippen LogP contribution in [0.25, 0.3) is 0 Å². The van der Waals surface area contributed by atoms with Crippen molar-refractivity contribution in [2.45, 2.75) is 13.5 Å². The number of ether oxygens (including phenoxy) is 2. The molecule has 0 N–H and O–H groups in total. The molecule has 0 saturated heterocycles. The van der Waals surface area contributed by atoms with Crippen LogP contribution in [0.3, 0.4) is 0 Å². The van der Waals surface area contributed by atoms with Crippen molar-refractivity contribution in [2.24, 2.45) is 0 Å². The van der Waals surface area contributed by atoms with Crippen LogP contribution < -0.4 is 9.47 Å². The number of carbonyl (C=O) groups is 1. The van der Waals surface area contributed by atoms with Crippen molar-refractivity contribution in [1.29, 1.82) is 0 Å². The van der Waals surface area contributed by atoms with Gasteiger partial charge in [-0.25, -0.2) is 0 Å². The predicted molar refractivity (Wildman–Crippen MR) is 98.9 cm³/mol. The normalized spacial score (nSPS) is 10.4. The summed E-state index contributed by atoms with van der Waals surface area (Å²) in [6.07, 6.45) is 0. The fourth-order valence-electron chi connectivity index (χ4n) is 2.21. The monoisotopic (exact) mass is 411 g/mol. The van der Waals surface area contributed by atoms with Gasteiger partial charge in [0.1, 0.15) is 11.5 Å². The highest BCUT2D eigenvalue weighted by atomic mass is 79.9. The Hall–Kier alpha value is -1.72. The van der Waals surface area contributed by atoms with Gasteiger partial charge in [-0.3, -0.25) is 4.79 Å². The van der Waals surface area contributed by atoms with Gasteiger partial charge in [0.25, 0.3) is 5.91 Å². The Morgan fingerprint density at radius 3 is 2.50 bits per heavy atom. The van der Waals surface area contributed by atoms with Crippen LogP contribution in [0.2, 0.25) is 5.02 Å². The zero-order valence-electron chi connectivity index (χ0n) is 13.8. The van der Waals surface area contributed by atoms with Crippen molar-refractivity contribution in [3.63, 3.8) is 0 Å². The van der Waals surface area contributed by atoms with Gasteiger partial charge < -0.3 is 14.4 Å². The van der Waals surface area contributed by atoms with E-state index in [1.54, 1.807) is 25.1 Å². The fourth-order valence-corrected chi connectivity index (χ4v) is 3.23. The van der Waals surface area contributed by atoms with E-state index in [-0.39, 0.29) is 12.5 Å². The van der Waals surface area contributed by atoms with Gasteiger partial charge in [0, 0.05) is 18.1 Å². The third kappa shape index (κ3) is 4.89. The molecule has 0 heterocycles. The number of rotatable bonds is 6. The first-order valence-corrected chi connectivity index (χ1v) is 8.53. The number of amides is 1. The summed E-state index contributed by atoms with van der Waals surface area (Å²) >= 11 is 9.54. The standard InChI is InChI=1S/C18H19BrClNO3/c1-12-8-14(19)9-16(20)18(12)24-11-17(22)21(2)10-13-4-6-15(23-3)7-5-13/h4-9H,10-11H2,1-3H3. The van der Waals surface area contributed by atoms with E-state index >= 15 is 0 Å². The number of benzene rings is 2. The van der Waals surface area contributed by atoms with Gasteiger partial charge in [-0.2, -0.15) is 0 Å². The first kappa shape index (κ1) is 18.6. The molecule has 24 heavy (non-hydrogen) atoms. The van der Waals surface area contributed by atoms with Gasteiger partial charge in [-0.05, 0) is 42.3 Å². The Morgan fingerprint density at radius 2 is 1.92 bits per heavy atom. The Kier molecular flexibility index (Phi) is 6.52. The number of likely N-dealkylation sites (N-methyl/N-ethyl adjacent to an activating group) is 1. The van der Waals surface area contributed by atoms with Crippen LogP contribution in [0.15, 0.2) is 40.9 Å². The molecule has 128 valence electrons. The molecule has 0 unspecified atom stereocenters. The molecule has 0 radical (unpaired) electrons. The second-order valence-corrected chi connectivity index (χ2v) is 6.74. The minimum absolute atomic E-state index is 0.0607. The first-order chi connectivity index (χ1) is 11.4. The zero-order valence-corrected chi connectivity index (χ0v) is 16.1. The van der Waals surface area contributed by atoms with Crippen molar-refractivity contribution in [2.75, 3.05) is 20.8 Å². The van der Waals surface area contributed by atoms with Crippen LogP contribution >= 0.6 is 27.5 Å². The number of methoxy groups -OCH3 is 1. The van der Waals surface area contributed by atoms with E-state index in [0.29, 0.717) is 17.3 Å². The Morgan fingerprint density at radius 1 is 1.25 bits per heavy atom. The van der Waals surface area contributed by atoms with E-state index in [9.17, 15) is 4.79 Å². The molecular formula is C18H19BrClNO3. The van der Waals surface area contributed by atoms with Crippen molar-refractivity contribution in [3.8, 4) is 11.5 Å². The molecule has 2 rings (SSSR count). The molecule has 2 aromatic carbocycles. The van der Waals surface area contributed by atoms with Gasteiger partial charge >= 0.3 is 0 Å². The molecule has 0 aliphatic carbocycles. The van der Waals surface area contributed by atoms with Crippen LogP contribution in [-0.4, -0.2) is 31.6 Å². The second kappa shape index (κ2) is 8.40. The van der Waals surface area contributed by atoms with E-state index in [1.165, 1.54) is 0 Å². The minimum atomic E-state index is -0.121. The van der Waals surface area contributed by atoms with Crippen LogP contribution in [0.1, 0.15) is 11.1 Å². The Labute approximate surface area is 155 Å². The van der Waals surface area contributed by atoms with Crippen LogP contribution in [0, 0.1) is 6.92 Å². The van der Waals surface area contributed by atoms with Gasteiger partial charge in [-0.15, -0.1) is 0 Å². The molecule has 4 nitrogen and oxygen atoms in total. The van der Waals surface area contributed by atoms with E-state index in [2.05, 4.69) is 15.9 Å². The molecule has 2 aromatic rings. The lowest BCUT2D eigenvalue weighted by atomic mass is 10.2. The third-order valence-electron chi connectivity index (χ3n) is 3.54. The van der Waals surface area contributed by atoms with Crippen LogP contribution in [-0.2, 0) is 11.3 Å². The number of hydrogen-bond acceptors (Lipinski definition) is 3. The quantitative estimate of drug-likeness (QED) is 0.703. The number of halogens is 2. The summed E-state index contributed by atoms with van der Waals surface area (Å²) in [5.41, 5.74) is 1.89. The molecule has 0 spiro atoms. The maximum Gasteiger partial charge on any atom is 0.260 e. The summed E-state index contributed by atoms with van der Waals surface area (Å²) in [4.78, 5) is 13.9. The van der Waals surface area contributed by atoms with Crippen molar-refractivity contribution < 1.29 is 14.3 Å². The number of nitrogens with zero attached hydrogens (tertiary/aromatic N) is 1. The molecule has 1 amide bonds.